The predicted octanol–water partition coefficient (Wildman–Crippen LogP) is 0.682. The number of aliphatic hydroxyl groups is 1. The molecule has 0 aromatic carbocycles. The standard InChI is InChI=1S/C10H14N2O2/c1-6-5-11-12(2)8(6)10(14)9(13)7-3-4-7/h5,7,9,13H,3-4H2,1-2H3. The van der Waals surface area contributed by atoms with Crippen LogP contribution in [0.15, 0.2) is 6.20 Å². The van der Waals surface area contributed by atoms with Crippen LogP contribution in [0, 0.1) is 12.8 Å². The van der Waals surface area contributed by atoms with E-state index >= 15 is 0 Å². The molecule has 0 amide bonds. The minimum Gasteiger partial charge on any atom is -0.385 e. The van der Waals surface area contributed by atoms with Gasteiger partial charge in [-0.2, -0.15) is 5.10 Å². The number of hydrogen-bond donors (Lipinski definition) is 1. The van der Waals surface area contributed by atoms with Gasteiger partial charge in [-0.1, -0.05) is 0 Å². The van der Waals surface area contributed by atoms with Crippen molar-refractivity contribution in [2.45, 2.75) is 25.9 Å². The number of aliphatic hydroxyl groups excluding tert-OH is 1. The fourth-order valence-corrected chi connectivity index (χ4v) is 1.67. The number of hydrogen-bond acceptors (Lipinski definition) is 3. The van der Waals surface area contributed by atoms with Crippen molar-refractivity contribution in [1.82, 2.24) is 9.78 Å². The molecule has 1 aromatic rings. The van der Waals surface area contributed by atoms with Gasteiger partial charge in [0.15, 0.2) is 0 Å². The lowest BCUT2D eigenvalue weighted by Crippen LogP contribution is -2.25. The molecular formula is C10H14N2O2. The van der Waals surface area contributed by atoms with Crippen LogP contribution in [0.5, 0.6) is 0 Å². The minimum atomic E-state index is -0.830. The molecule has 0 spiro atoms. The molecule has 1 aliphatic rings. The molecule has 1 unspecified atom stereocenters. The smallest absolute Gasteiger partial charge is 0.209 e. The van der Waals surface area contributed by atoms with Crippen molar-refractivity contribution < 1.29 is 9.90 Å². The van der Waals surface area contributed by atoms with Crippen LogP contribution in [0.25, 0.3) is 0 Å². The van der Waals surface area contributed by atoms with Gasteiger partial charge in [-0.15, -0.1) is 0 Å². The summed E-state index contributed by atoms with van der Waals surface area (Å²) in [4.78, 5) is 11.8. The molecule has 4 nitrogen and oxygen atoms in total. The summed E-state index contributed by atoms with van der Waals surface area (Å²) >= 11 is 0. The highest BCUT2D eigenvalue weighted by atomic mass is 16.3. The number of Topliss-reactive ketones (excluding diaryl/α,β-unsaturated/α-hetero) is 1. The highest BCUT2D eigenvalue weighted by Crippen LogP contribution is 2.34. The Morgan fingerprint density at radius 1 is 1.71 bits per heavy atom. The fraction of sp³-hybridized carbons (Fsp3) is 0.600. The second-order valence-electron chi connectivity index (χ2n) is 3.95. The van der Waals surface area contributed by atoms with E-state index in [1.54, 1.807) is 13.2 Å². The van der Waals surface area contributed by atoms with E-state index in [0.717, 1.165) is 18.4 Å². The number of ketones is 1. The lowest BCUT2D eigenvalue weighted by molar-refractivity contribution is 0.0693. The summed E-state index contributed by atoms with van der Waals surface area (Å²) in [6.45, 7) is 1.83. The van der Waals surface area contributed by atoms with E-state index in [-0.39, 0.29) is 11.7 Å². The third-order valence-electron chi connectivity index (χ3n) is 2.69. The molecule has 1 fully saturated rings. The lowest BCUT2D eigenvalue weighted by atomic mass is 10.1. The van der Waals surface area contributed by atoms with E-state index in [1.165, 1.54) is 4.68 Å². The van der Waals surface area contributed by atoms with Crippen LogP contribution in [0.1, 0.15) is 28.9 Å². The Balaban J connectivity index is 2.25. The van der Waals surface area contributed by atoms with Gasteiger partial charge in [0.25, 0.3) is 0 Å². The lowest BCUT2D eigenvalue weighted by Gasteiger charge is -2.08. The number of rotatable bonds is 3. The highest BCUT2D eigenvalue weighted by molar-refractivity contribution is 5.99. The quantitative estimate of drug-likeness (QED) is 0.720. The SMILES string of the molecule is Cc1cnn(C)c1C(=O)C(O)C1CC1. The highest BCUT2D eigenvalue weighted by Gasteiger charge is 2.36. The molecule has 1 aromatic heterocycles. The first kappa shape index (κ1) is 9.40. The van der Waals surface area contributed by atoms with Crippen molar-refractivity contribution >= 4 is 5.78 Å². The van der Waals surface area contributed by atoms with Crippen molar-refractivity contribution in [3.63, 3.8) is 0 Å². The molecule has 0 radical (unpaired) electrons. The van der Waals surface area contributed by atoms with Crippen LogP contribution in [0.3, 0.4) is 0 Å². The third kappa shape index (κ3) is 1.46. The zero-order chi connectivity index (χ0) is 10.3. The van der Waals surface area contributed by atoms with Crippen LogP contribution in [-0.2, 0) is 7.05 Å². The number of aryl methyl sites for hydroxylation is 2. The first-order valence-corrected chi connectivity index (χ1v) is 4.82. The minimum absolute atomic E-state index is 0.178. The van der Waals surface area contributed by atoms with Crippen molar-refractivity contribution in [3.05, 3.63) is 17.5 Å². The van der Waals surface area contributed by atoms with Crippen LogP contribution >= 0.6 is 0 Å². The Hall–Kier alpha value is -1.16. The molecule has 0 aliphatic heterocycles. The van der Waals surface area contributed by atoms with E-state index < -0.39 is 6.10 Å². The first-order valence-electron chi connectivity index (χ1n) is 4.82. The summed E-state index contributed by atoms with van der Waals surface area (Å²) < 4.78 is 1.53. The largest absolute Gasteiger partial charge is 0.385 e. The Kier molecular flexibility index (Phi) is 2.15. The van der Waals surface area contributed by atoms with Gasteiger partial charge in [0, 0.05) is 7.05 Å². The average molecular weight is 194 g/mol. The average Bonchev–Trinajstić information content (AvgIpc) is 2.92. The number of carbonyl (C=O) groups excluding carboxylic acids is 1. The monoisotopic (exact) mass is 194 g/mol. The van der Waals surface area contributed by atoms with Crippen molar-refractivity contribution in [2.75, 3.05) is 0 Å². The molecule has 0 saturated heterocycles. The van der Waals surface area contributed by atoms with E-state index in [0.29, 0.717) is 5.69 Å². The molecule has 0 bridgehead atoms. The van der Waals surface area contributed by atoms with Gasteiger partial charge in [0.05, 0.1) is 6.20 Å². The summed E-state index contributed by atoms with van der Waals surface area (Å²) in [5.41, 5.74) is 1.36. The molecule has 76 valence electrons. The number of aromatic nitrogens is 2. The van der Waals surface area contributed by atoms with Gasteiger partial charge in [0.1, 0.15) is 11.8 Å². The van der Waals surface area contributed by atoms with E-state index in [2.05, 4.69) is 5.10 Å². The van der Waals surface area contributed by atoms with Crippen molar-refractivity contribution in [3.8, 4) is 0 Å². The molecule has 1 aliphatic carbocycles. The van der Waals surface area contributed by atoms with Gasteiger partial charge in [-0.25, -0.2) is 0 Å². The van der Waals surface area contributed by atoms with E-state index in [4.69, 9.17) is 0 Å². The summed E-state index contributed by atoms with van der Waals surface area (Å²) in [5, 5.41) is 13.7. The van der Waals surface area contributed by atoms with Gasteiger partial charge >= 0.3 is 0 Å². The molecule has 4 heteroatoms. The maximum absolute atomic E-state index is 11.8. The number of carbonyl (C=O) groups is 1. The van der Waals surface area contributed by atoms with E-state index in [1.807, 2.05) is 6.92 Å². The molecule has 2 rings (SSSR count). The Morgan fingerprint density at radius 2 is 2.36 bits per heavy atom. The van der Waals surface area contributed by atoms with Gasteiger partial charge < -0.3 is 5.11 Å². The number of nitrogens with zero attached hydrogens (tertiary/aromatic N) is 2. The Morgan fingerprint density at radius 3 is 2.79 bits per heavy atom. The van der Waals surface area contributed by atoms with Crippen LogP contribution < -0.4 is 0 Å². The van der Waals surface area contributed by atoms with Gasteiger partial charge in [0.2, 0.25) is 5.78 Å². The molecule has 1 N–H and O–H groups in total. The van der Waals surface area contributed by atoms with Crippen molar-refractivity contribution in [1.29, 1.82) is 0 Å². The zero-order valence-corrected chi connectivity index (χ0v) is 8.40. The maximum Gasteiger partial charge on any atom is 0.209 e. The maximum atomic E-state index is 11.8. The Bertz CT molecular complexity index is 347. The summed E-state index contributed by atoms with van der Waals surface area (Å²) in [6, 6.07) is 0. The van der Waals surface area contributed by atoms with Crippen LogP contribution in [0.2, 0.25) is 0 Å². The summed E-state index contributed by atoms with van der Waals surface area (Å²) in [6.07, 6.45) is 2.74. The molecule has 1 atom stereocenters. The summed E-state index contributed by atoms with van der Waals surface area (Å²) in [7, 11) is 1.72. The summed E-state index contributed by atoms with van der Waals surface area (Å²) in [5.74, 6) is -0.0122. The van der Waals surface area contributed by atoms with Gasteiger partial charge in [-0.05, 0) is 31.2 Å². The Labute approximate surface area is 82.5 Å². The first-order chi connectivity index (χ1) is 6.61. The van der Waals surface area contributed by atoms with E-state index in [9.17, 15) is 9.90 Å². The molecule has 1 heterocycles. The second-order valence-corrected chi connectivity index (χ2v) is 3.95. The fourth-order valence-electron chi connectivity index (χ4n) is 1.67. The van der Waals surface area contributed by atoms with Gasteiger partial charge in [-0.3, -0.25) is 9.48 Å². The molecular weight excluding hydrogens is 180 g/mol. The second kappa shape index (κ2) is 3.20. The molecule has 14 heavy (non-hydrogen) atoms. The third-order valence-corrected chi connectivity index (χ3v) is 2.69. The normalized spacial score (nSPS) is 18.2. The molecule has 1 saturated carbocycles. The van der Waals surface area contributed by atoms with Crippen LogP contribution in [-0.4, -0.2) is 26.8 Å². The predicted molar refractivity (Wildman–Crippen MR) is 51.0 cm³/mol. The zero-order valence-electron chi connectivity index (χ0n) is 8.40. The van der Waals surface area contributed by atoms with Crippen molar-refractivity contribution in [2.24, 2.45) is 13.0 Å². The topological polar surface area (TPSA) is 55.1 Å². The van der Waals surface area contributed by atoms with Crippen LogP contribution in [0.4, 0.5) is 0 Å².